The minimum absolute atomic E-state index is 0.0211. The Morgan fingerprint density at radius 3 is 2.75 bits per heavy atom. The van der Waals surface area contributed by atoms with Gasteiger partial charge in [0.2, 0.25) is 0 Å². The smallest absolute Gasteiger partial charge is 0.166 e. The predicted octanol–water partition coefficient (Wildman–Crippen LogP) is 1.50. The molecular weight excluding hydrogens is 300 g/mol. The summed E-state index contributed by atoms with van der Waals surface area (Å²) in [7, 11) is -3.27. The van der Waals surface area contributed by atoms with Gasteiger partial charge in [-0.25, -0.2) is 13.1 Å². The summed E-state index contributed by atoms with van der Waals surface area (Å²) in [5.74, 6) is 0.234. The topological polar surface area (TPSA) is 77.7 Å². The molecule has 2 aromatic rings. The van der Waals surface area contributed by atoms with E-state index in [1.807, 2.05) is 25.1 Å². The van der Waals surface area contributed by atoms with Crippen LogP contribution >= 0.6 is 11.6 Å². The van der Waals surface area contributed by atoms with Gasteiger partial charge in [-0.15, -0.1) is 5.10 Å². The molecule has 0 aliphatic carbocycles. The van der Waals surface area contributed by atoms with Crippen molar-refractivity contribution in [3.05, 3.63) is 40.7 Å². The molecule has 0 atom stereocenters. The molecular formula is C12H15ClN4O2S. The summed E-state index contributed by atoms with van der Waals surface area (Å²) in [6.07, 6.45) is 0.385. The van der Waals surface area contributed by atoms with Crippen molar-refractivity contribution in [3.8, 4) is 0 Å². The van der Waals surface area contributed by atoms with Crippen LogP contribution in [0.1, 0.15) is 18.3 Å². The van der Waals surface area contributed by atoms with Gasteiger partial charge >= 0.3 is 0 Å². The Bertz CT molecular complexity index is 684. The third-order valence-corrected chi connectivity index (χ3v) is 4.79. The van der Waals surface area contributed by atoms with Crippen molar-refractivity contribution in [2.45, 2.75) is 25.6 Å². The maximum atomic E-state index is 12.1. The molecule has 0 amide bonds. The van der Waals surface area contributed by atoms with E-state index in [4.69, 9.17) is 11.6 Å². The van der Waals surface area contributed by atoms with Crippen molar-refractivity contribution in [2.75, 3.05) is 5.75 Å². The van der Waals surface area contributed by atoms with Gasteiger partial charge in [0, 0.05) is 11.6 Å². The lowest BCUT2D eigenvalue weighted by Crippen LogP contribution is -2.15. The number of rotatable bonds is 6. The van der Waals surface area contributed by atoms with Crippen molar-refractivity contribution in [1.29, 1.82) is 0 Å². The van der Waals surface area contributed by atoms with Gasteiger partial charge in [-0.2, -0.15) is 0 Å². The summed E-state index contributed by atoms with van der Waals surface area (Å²) in [5, 5.41) is 11.5. The number of tetrazole rings is 1. The fraction of sp³-hybridized carbons (Fsp3) is 0.417. The minimum Gasteiger partial charge on any atom is -0.229 e. The van der Waals surface area contributed by atoms with Crippen LogP contribution in [0.2, 0.25) is 5.02 Å². The fourth-order valence-corrected chi connectivity index (χ4v) is 3.31. The maximum absolute atomic E-state index is 12.1. The molecule has 0 aliphatic rings. The number of nitrogens with zero attached hydrogens (tertiary/aromatic N) is 4. The summed E-state index contributed by atoms with van der Waals surface area (Å²) in [6, 6.07) is 7.23. The second-order valence-corrected chi connectivity index (χ2v) is 6.94. The zero-order valence-corrected chi connectivity index (χ0v) is 12.6. The predicted molar refractivity (Wildman–Crippen MR) is 76.1 cm³/mol. The van der Waals surface area contributed by atoms with Crippen molar-refractivity contribution < 1.29 is 8.42 Å². The second-order valence-electron chi connectivity index (χ2n) is 4.34. The van der Waals surface area contributed by atoms with Crippen molar-refractivity contribution in [2.24, 2.45) is 0 Å². The lowest BCUT2D eigenvalue weighted by atomic mass is 10.2. The zero-order chi connectivity index (χ0) is 14.6. The molecule has 2 rings (SSSR count). The lowest BCUT2D eigenvalue weighted by molar-refractivity contribution is 0.580. The molecule has 108 valence electrons. The molecule has 6 nitrogen and oxygen atoms in total. The first kappa shape index (κ1) is 14.9. The van der Waals surface area contributed by atoms with Crippen LogP contribution in [0, 0.1) is 0 Å². The van der Waals surface area contributed by atoms with Crippen molar-refractivity contribution in [3.63, 3.8) is 0 Å². The monoisotopic (exact) mass is 314 g/mol. The van der Waals surface area contributed by atoms with Crippen LogP contribution in [0.15, 0.2) is 24.3 Å². The Morgan fingerprint density at radius 1 is 1.30 bits per heavy atom. The molecule has 0 radical (unpaired) electrons. The van der Waals surface area contributed by atoms with Gasteiger partial charge in [-0.3, -0.25) is 0 Å². The SMILES string of the molecule is CCn1nnnc1CS(=O)(=O)CCc1ccccc1Cl. The average molecular weight is 315 g/mol. The number of aryl methyl sites for hydroxylation is 2. The molecule has 0 spiro atoms. The van der Waals surface area contributed by atoms with Crippen LogP contribution in [0.4, 0.5) is 0 Å². The van der Waals surface area contributed by atoms with Gasteiger partial charge in [0.25, 0.3) is 0 Å². The van der Waals surface area contributed by atoms with Crippen molar-refractivity contribution in [1.82, 2.24) is 20.2 Å². The van der Waals surface area contributed by atoms with Gasteiger partial charge < -0.3 is 0 Å². The highest BCUT2D eigenvalue weighted by Crippen LogP contribution is 2.16. The number of benzene rings is 1. The van der Waals surface area contributed by atoms with E-state index in [1.165, 1.54) is 4.68 Å². The van der Waals surface area contributed by atoms with Crippen LogP contribution in [0.25, 0.3) is 0 Å². The van der Waals surface area contributed by atoms with Gasteiger partial charge in [-0.05, 0) is 35.4 Å². The van der Waals surface area contributed by atoms with Gasteiger partial charge in [0.05, 0.1) is 5.75 Å². The van der Waals surface area contributed by atoms with Crippen LogP contribution in [0.3, 0.4) is 0 Å². The van der Waals surface area contributed by atoms with E-state index in [1.54, 1.807) is 6.07 Å². The molecule has 0 N–H and O–H groups in total. The van der Waals surface area contributed by atoms with Gasteiger partial charge in [-0.1, -0.05) is 29.8 Å². The van der Waals surface area contributed by atoms with Crippen LogP contribution in [-0.2, 0) is 28.6 Å². The molecule has 1 heterocycles. The molecule has 1 aromatic carbocycles. The number of sulfone groups is 1. The van der Waals surface area contributed by atoms with Crippen LogP contribution in [0.5, 0.6) is 0 Å². The minimum atomic E-state index is -3.27. The van der Waals surface area contributed by atoms with E-state index in [-0.39, 0.29) is 11.5 Å². The average Bonchev–Trinajstić information content (AvgIpc) is 2.84. The van der Waals surface area contributed by atoms with Crippen LogP contribution in [-0.4, -0.2) is 34.4 Å². The second kappa shape index (κ2) is 6.32. The first-order chi connectivity index (χ1) is 9.52. The fourth-order valence-electron chi connectivity index (χ4n) is 1.81. The van der Waals surface area contributed by atoms with E-state index in [9.17, 15) is 8.42 Å². The normalized spacial score (nSPS) is 11.7. The highest BCUT2D eigenvalue weighted by molar-refractivity contribution is 7.90. The summed E-state index contributed by atoms with van der Waals surface area (Å²) in [6.45, 7) is 2.40. The summed E-state index contributed by atoms with van der Waals surface area (Å²) >= 11 is 6.01. The molecule has 0 unspecified atom stereocenters. The Morgan fingerprint density at radius 2 is 2.05 bits per heavy atom. The quantitative estimate of drug-likeness (QED) is 0.807. The van der Waals surface area contributed by atoms with Gasteiger partial charge in [0.15, 0.2) is 15.7 Å². The number of aromatic nitrogens is 4. The first-order valence-electron chi connectivity index (χ1n) is 6.20. The standard InChI is InChI=1S/C12H15ClN4O2S/c1-2-17-12(14-15-16-17)9-20(18,19)8-7-10-5-3-4-6-11(10)13/h3-6H,2,7-9H2,1H3. The summed E-state index contributed by atoms with van der Waals surface area (Å²) in [5.41, 5.74) is 0.827. The Labute approximate surface area is 122 Å². The van der Waals surface area contributed by atoms with E-state index in [0.717, 1.165) is 5.56 Å². The molecule has 0 aliphatic heterocycles. The maximum Gasteiger partial charge on any atom is 0.166 e. The van der Waals surface area contributed by atoms with E-state index in [2.05, 4.69) is 15.5 Å². The zero-order valence-electron chi connectivity index (χ0n) is 11.0. The third-order valence-electron chi connectivity index (χ3n) is 2.89. The molecule has 0 saturated heterocycles. The number of hydrogen-bond donors (Lipinski definition) is 0. The lowest BCUT2D eigenvalue weighted by Gasteiger charge is -2.06. The van der Waals surface area contributed by atoms with Gasteiger partial charge in [0.1, 0.15) is 5.75 Å². The summed E-state index contributed by atoms with van der Waals surface area (Å²) in [4.78, 5) is 0. The Balaban J connectivity index is 2.03. The van der Waals surface area contributed by atoms with E-state index in [0.29, 0.717) is 23.8 Å². The van der Waals surface area contributed by atoms with E-state index >= 15 is 0 Å². The Hall–Kier alpha value is -1.47. The Kier molecular flexibility index (Phi) is 4.72. The molecule has 0 saturated carbocycles. The third kappa shape index (κ3) is 3.77. The number of halogens is 1. The molecule has 0 fully saturated rings. The molecule has 1 aromatic heterocycles. The highest BCUT2D eigenvalue weighted by atomic mass is 35.5. The summed E-state index contributed by atoms with van der Waals surface area (Å²) < 4.78 is 25.7. The number of hydrogen-bond acceptors (Lipinski definition) is 5. The van der Waals surface area contributed by atoms with Crippen molar-refractivity contribution >= 4 is 21.4 Å². The van der Waals surface area contributed by atoms with Crippen LogP contribution < -0.4 is 0 Å². The highest BCUT2D eigenvalue weighted by Gasteiger charge is 2.17. The molecule has 8 heteroatoms. The molecule has 20 heavy (non-hydrogen) atoms. The van der Waals surface area contributed by atoms with E-state index < -0.39 is 9.84 Å². The first-order valence-corrected chi connectivity index (χ1v) is 8.40. The molecule has 0 bridgehead atoms. The largest absolute Gasteiger partial charge is 0.229 e.